The first-order valence-corrected chi connectivity index (χ1v) is 11.7. The Hall–Kier alpha value is -2.69. The van der Waals surface area contributed by atoms with Crippen molar-refractivity contribution in [2.24, 2.45) is 0 Å². The molecule has 0 unspecified atom stereocenters. The van der Waals surface area contributed by atoms with E-state index in [0.717, 1.165) is 22.3 Å². The van der Waals surface area contributed by atoms with Gasteiger partial charge < -0.3 is 13.9 Å². The Labute approximate surface area is 202 Å². The zero-order valence-corrected chi connectivity index (χ0v) is 20.4. The van der Waals surface area contributed by atoms with E-state index in [1.807, 2.05) is 34.9 Å². The molecule has 166 valence electrons. The summed E-state index contributed by atoms with van der Waals surface area (Å²) in [6.45, 7) is 0. The van der Waals surface area contributed by atoms with Crippen LogP contribution in [0.15, 0.2) is 57.7 Å². The first-order chi connectivity index (χ1) is 15.6. The number of pyridine rings is 1. The number of methoxy groups -OCH3 is 2. The minimum absolute atomic E-state index is 0.507. The molecule has 0 aliphatic heterocycles. The molecule has 0 fully saturated rings. The van der Waals surface area contributed by atoms with E-state index in [9.17, 15) is 0 Å². The summed E-state index contributed by atoms with van der Waals surface area (Å²) in [5, 5.41) is 9.28. The van der Waals surface area contributed by atoms with Gasteiger partial charge in [0.15, 0.2) is 5.76 Å². The number of hydrogen-bond acceptors (Lipinski definition) is 8. The lowest BCUT2D eigenvalue weighted by atomic mass is 10.2. The van der Waals surface area contributed by atoms with E-state index >= 15 is 0 Å². The first kappa shape index (κ1) is 22.5. The van der Waals surface area contributed by atoms with Crippen molar-refractivity contribution >= 4 is 45.4 Å². The lowest BCUT2D eigenvalue weighted by Gasteiger charge is -2.16. The predicted octanol–water partition coefficient (Wildman–Crippen LogP) is 5.66. The van der Waals surface area contributed by atoms with Crippen LogP contribution in [0.3, 0.4) is 0 Å². The highest BCUT2D eigenvalue weighted by atomic mass is 79.9. The smallest absolute Gasteiger partial charge is 0.239 e. The molecule has 0 amide bonds. The average Bonchev–Trinajstić information content (AvgIpc) is 3.47. The van der Waals surface area contributed by atoms with Crippen LogP contribution in [-0.2, 0) is 6.42 Å². The van der Waals surface area contributed by atoms with Crippen LogP contribution in [0.25, 0.3) is 17.3 Å². The van der Waals surface area contributed by atoms with E-state index in [4.69, 9.17) is 25.5 Å². The van der Waals surface area contributed by atoms with Crippen LogP contribution in [0, 0.1) is 0 Å². The van der Waals surface area contributed by atoms with E-state index in [0.29, 0.717) is 39.7 Å². The molecule has 8 nitrogen and oxygen atoms in total. The van der Waals surface area contributed by atoms with Crippen LogP contribution in [0.5, 0.6) is 11.5 Å². The van der Waals surface area contributed by atoms with Crippen molar-refractivity contribution in [2.75, 3.05) is 24.7 Å². The summed E-state index contributed by atoms with van der Waals surface area (Å²) in [5.74, 6) is 3.55. The van der Waals surface area contributed by atoms with Gasteiger partial charge in [-0.1, -0.05) is 17.7 Å². The molecular formula is C21H19BrClN5O3S. The van der Waals surface area contributed by atoms with Crippen LogP contribution in [0.2, 0.25) is 5.02 Å². The number of rotatable bonds is 9. The van der Waals surface area contributed by atoms with Crippen molar-refractivity contribution in [1.29, 1.82) is 0 Å². The van der Waals surface area contributed by atoms with Gasteiger partial charge in [0, 0.05) is 22.8 Å². The predicted molar refractivity (Wildman–Crippen MR) is 129 cm³/mol. The Bertz CT molecular complexity index is 1180. The first-order valence-electron chi connectivity index (χ1n) is 9.50. The van der Waals surface area contributed by atoms with E-state index in [1.54, 1.807) is 32.7 Å². The molecule has 3 heterocycles. The Morgan fingerprint density at radius 2 is 1.94 bits per heavy atom. The molecule has 0 saturated heterocycles. The molecule has 0 bridgehead atoms. The summed E-state index contributed by atoms with van der Waals surface area (Å²) in [6.07, 6.45) is 3.96. The summed E-state index contributed by atoms with van der Waals surface area (Å²) < 4.78 is 22.8. The van der Waals surface area contributed by atoms with Crippen molar-refractivity contribution in [1.82, 2.24) is 19.7 Å². The zero-order valence-electron chi connectivity index (χ0n) is 17.2. The van der Waals surface area contributed by atoms with Gasteiger partial charge in [-0.25, -0.2) is 0 Å². The number of furan rings is 1. The quantitative estimate of drug-likeness (QED) is 0.217. The van der Waals surface area contributed by atoms with Crippen LogP contribution >= 0.6 is 39.5 Å². The van der Waals surface area contributed by atoms with Crippen molar-refractivity contribution < 1.29 is 13.9 Å². The van der Waals surface area contributed by atoms with Crippen molar-refractivity contribution in [2.45, 2.75) is 6.42 Å². The second-order valence-electron chi connectivity index (χ2n) is 6.45. The molecule has 1 N–H and O–H groups in total. The van der Waals surface area contributed by atoms with E-state index in [2.05, 4.69) is 35.8 Å². The molecule has 0 atom stereocenters. The fourth-order valence-electron chi connectivity index (χ4n) is 3.07. The van der Waals surface area contributed by atoms with Crippen LogP contribution in [0.4, 0.5) is 5.95 Å². The van der Waals surface area contributed by atoms with Gasteiger partial charge in [0.1, 0.15) is 17.2 Å². The summed E-state index contributed by atoms with van der Waals surface area (Å²) in [5.41, 5.74) is 1.59. The van der Waals surface area contributed by atoms with E-state index < -0.39 is 0 Å². The number of nitrogens with zero attached hydrogens (tertiary/aromatic N) is 4. The summed E-state index contributed by atoms with van der Waals surface area (Å²) >= 11 is 11.0. The summed E-state index contributed by atoms with van der Waals surface area (Å²) in [4.78, 5) is 4.37. The Balaban J connectivity index is 1.62. The monoisotopic (exact) mass is 535 g/mol. The standard InChI is InChI=1S/C21H19BrClN5O3S/c1-29-16-5-3-6-17(30-2)19(16)28-20(18-7-4-9-31-18)25-26-21(28)27-32-10-8-15-14(22)11-13(23)12-24-15/h3-7,9,11-12H,8,10H2,1-2H3,(H,26,27). The number of benzene rings is 1. The number of anilines is 1. The van der Waals surface area contributed by atoms with Gasteiger partial charge in [-0.2, -0.15) is 0 Å². The molecule has 11 heteroatoms. The van der Waals surface area contributed by atoms with Crippen molar-refractivity contribution in [3.05, 3.63) is 64.0 Å². The highest BCUT2D eigenvalue weighted by Crippen LogP contribution is 2.38. The van der Waals surface area contributed by atoms with Gasteiger partial charge >= 0.3 is 0 Å². The molecule has 0 aliphatic carbocycles. The van der Waals surface area contributed by atoms with Crippen LogP contribution < -0.4 is 14.2 Å². The second-order valence-corrected chi connectivity index (χ2v) is 8.65. The molecule has 4 rings (SSSR count). The average molecular weight is 537 g/mol. The maximum absolute atomic E-state index is 5.97. The number of ether oxygens (including phenoxy) is 2. The third kappa shape index (κ3) is 4.72. The van der Waals surface area contributed by atoms with Crippen molar-refractivity contribution in [3.63, 3.8) is 0 Å². The van der Waals surface area contributed by atoms with Gasteiger partial charge in [0.2, 0.25) is 11.8 Å². The summed E-state index contributed by atoms with van der Waals surface area (Å²) in [7, 11) is 3.21. The lowest BCUT2D eigenvalue weighted by Crippen LogP contribution is -2.07. The maximum atomic E-state index is 5.97. The van der Waals surface area contributed by atoms with Gasteiger partial charge in [0.05, 0.1) is 31.2 Å². The molecule has 0 saturated carbocycles. The number of halogens is 2. The molecular weight excluding hydrogens is 518 g/mol. The molecule has 3 aromatic heterocycles. The van der Waals surface area contributed by atoms with Crippen molar-refractivity contribution in [3.8, 4) is 28.8 Å². The maximum Gasteiger partial charge on any atom is 0.239 e. The summed E-state index contributed by atoms with van der Waals surface area (Å²) in [6, 6.07) is 11.0. The van der Waals surface area contributed by atoms with Gasteiger partial charge in [-0.05, 0) is 58.2 Å². The number of para-hydroxylation sites is 1. The molecule has 0 spiro atoms. The molecule has 0 radical (unpaired) electrons. The molecule has 4 aromatic rings. The third-order valence-corrected chi connectivity index (χ3v) is 6.15. The van der Waals surface area contributed by atoms with E-state index in [1.165, 1.54) is 11.9 Å². The largest absolute Gasteiger partial charge is 0.494 e. The van der Waals surface area contributed by atoms with Gasteiger partial charge in [-0.3, -0.25) is 14.3 Å². The number of nitrogens with one attached hydrogen (secondary N) is 1. The minimum atomic E-state index is 0.507. The Morgan fingerprint density at radius 3 is 2.59 bits per heavy atom. The lowest BCUT2D eigenvalue weighted by molar-refractivity contribution is 0.391. The fraction of sp³-hybridized carbons (Fsp3) is 0.190. The van der Waals surface area contributed by atoms with Crippen LogP contribution in [0.1, 0.15) is 5.69 Å². The third-order valence-electron chi connectivity index (χ3n) is 4.52. The fourth-order valence-corrected chi connectivity index (χ4v) is 4.57. The minimum Gasteiger partial charge on any atom is -0.494 e. The Kier molecular flexibility index (Phi) is 7.23. The van der Waals surface area contributed by atoms with Gasteiger partial charge in [-0.15, -0.1) is 10.2 Å². The topological polar surface area (TPSA) is 87.2 Å². The number of aromatic nitrogens is 4. The number of aryl methyl sites for hydroxylation is 1. The van der Waals surface area contributed by atoms with Crippen LogP contribution in [-0.4, -0.2) is 39.7 Å². The highest BCUT2D eigenvalue weighted by molar-refractivity contribution is 9.10. The zero-order chi connectivity index (χ0) is 22.5. The molecule has 1 aromatic carbocycles. The Morgan fingerprint density at radius 1 is 1.16 bits per heavy atom. The van der Waals surface area contributed by atoms with E-state index in [-0.39, 0.29) is 0 Å². The second kappa shape index (κ2) is 10.3. The normalized spacial score (nSPS) is 10.9. The SMILES string of the molecule is COc1cccc(OC)c1-n1c(NSCCc2ncc(Cl)cc2Br)nnc1-c1ccco1. The molecule has 32 heavy (non-hydrogen) atoms. The molecule has 0 aliphatic rings. The highest BCUT2D eigenvalue weighted by Gasteiger charge is 2.23. The number of hydrogen-bond donors (Lipinski definition) is 1. The van der Waals surface area contributed by atoms with Gasteiger partial charge in [0.25, 0.3) is 0 Å².